The van der Waals surface area contributed by atoms with Gasteiger partial charge in [-0.15, -0.1) is 4.40 Å². The molecule has 1 amide bonds. The van der Waals surface area contributed by atoms with Crippen molar-refractivity contribution in [3.8, 4) is 0 Å². The number of aliphatic hydroxyl groups excluding tert-OH is 1. The largest absolute Gasteiger partial charge is 0.506 e. The lowest BCUT2D eigenvalue weighted by Gasteiger charge is -2.41. The summed E-state index contributed by atoms with van der Waals surface area (Å²) in [5.74, 6) is -2.25. The quantitative estimate of drug-likeness (QED) is 0.234. The number of carbonyl (C=O) groups is 2. The van der Waals surface area contributed by atoms with Crippen molar-refractivity contribution >= 4 is 45.8 Å². The van der Waals surface area contributed by atoms with Gasteiger partial charge in [0.05, 0.1) is 11.1 Å². The van der Waals surface area contributed by atoms with Gasteiger partial charge in [-0.1, -0.05) is 62.4 Å². The van der Waals surface area contributed by atoms with Crippen LogP contribution in [0, 0.1) is 5.82 Å². The molecule has 8 nitrogen and oxygen atoms in total. The molecule has 202 valence electrons. The molecule has 4 rings (SSSR count). The number of amidine groups is 1. The minimum atomic E-state index is -3.80. The Bertz CT molecular complexity index is 1370. The first-order chi connectivity index (χ1) is 18.0. The summed E-state index contributed by atoms with van der Waals surface area (Å²) < 4.78 is 40.4. The maximum absolute atomic E-state index is 14.4. The van der Waals surface area contributed by atoms with Gasteiger partial charge in [0.25, 0.3) is 0 Å². The minimum Gasteiger partial charge on any atom is -0.506 e. The second-order valence-electron chi connectivity index (χ2n) is 9.61. The fourth-order valence-electron chi connectivity index (χ4n) is 5.12. The highest BCUT2D eigenvalue weighted by Crippen LogP contribution is 2.57. The summed E-state index contributed by atoms with van der Waals surface area (Å²) in [6, 6.07) is 8.70. The molecule has 0 spiro atoms. The van der Waals surface area contributed by atoms with E-state index in [0.29, 0.717) is 24.0 Å². The van der Waals surface area contributed by atoms with E-state index in [1.807, 2.05) is 13.8 Å². The second-order valence-corrected chi connectivity index (χ2v) is 11.3. The van der Waals surface area contributed by atoms with Crippen molar-refractivity contribution in [2.75, 3.05) is 5.32 Å². The van der Waals surface area contributed by atoms with Crippen LogP contribution in [-0.4, -0.2) is 31.7 Å². The van der Waals surface area contributed by atoms with Crippen LogP contribution in [0.4, 0.5) is 10.1 Å². The molecule has 0 saturated heterocycles. The average molecular weight is 542 g/mol. The molecule has 6 N–H and O–H groups in total. The first-order valence-electron chi connectivity index (χ1n) is 12.6. The summed E-state index contributed by atoms with van der Waals surface area (Å²) in [6.45, 7) is 4.04. The number of nitrogens with two attached hydrogens (primary N) is 1. The van der Waals surface area contributed by atoms with Gasteiger partial charge in [0.2, 0.25) is 5.91 Å². The monoisotopic (exact) mass is 541 g/mol. The number of rotatable bonds is 9. The zero-order valence-electron chi connectivity index (χ0n) is 21.3. The molecule has 1 aliphatic carbocycles. The summed E-state index contributed by atoms with van der Waals surface area (Å²) in [4.78, 5) is 25.4. The van der Waals surface area contributed by atoms with Crippen LogP contribution in [0.5, 0.6) is 0 Å². The van der Waals surface area contributed by atoms with Gasteiger partial charge < -0.3 is 16.2 Å². The number of anilines is 1. The number of carbonyl (C=O) groups excluding carboxylic acids is 2. The van der Waals surface area contributed by atoms with Gasteiger partial charge in [0.15, 0.2) is 11.6 Å². The van der Waals surface area contributed by atoms with Crippen molar-refractivity contribution in [3.63, 3.8) is 0 Å². The Morgan fingerprint density at radius 3 is 2.45 bits per heavy atom. The fourth-order valence-corrected chi connectivity index (χ4v) is 6.32. The molecule has 0 radical (unpaired) electrons. The van der Waals surface area contributed by atoms with Crippen LogP contribution >= 0.6 is 10.8 Å². The number of hydrogen-bond donors (Lipinski definition) is 5. The van der Waals surface area contributed by atoms with Crippen molar-refractivity contribution in [2.24, 2.45) is 10.1 Å². The predicted molar refractivity (Wildman–Crippen MR) is 149 cm³/mol. The van der Waals surface area contributed by atoms with E-state index in [-0.39, 0.29) is 33.3 Å². The van der Waals surface area contributed by atoms with Crippen molar-refractivity contribution in [1.29, 1.82) is 0 Å². The lowest BCUT2D eigenvalue weighted by molar-refractivity contribution is -0.121. The topological polar surface area (TPSA) is 145 Å². The normalized spacial score (nSPS) is 18.4. The molecule has 2 aliphatic rings. The molecule has 2 aromatic rings. The molecule has 0 fully saturated rings. The molecule has 38 heavy (non-hydrogen) atoms. The van der Waals surface area contributed by atoms with E-state index in [0.717, 1.165) is 31.8 Å². The van der Waals surface area contributed by atoms with E-state index < -0.39 is 33.7 Å². The molecule has 0 saturated carbocycles. The summed E-state index contributed by atoms with van der Waals surface area (Å²) in [5, 5.41) is 14.3. The Hall–Kier alpha value is -3.47. The number of halogens is 1. The van der Waals surface area contributed by atoms with Gasteiger partial charge in [-0.25, -0.2) is 4.39 Å². The number of nitrogens with one attached hydrogen (secondary N) is 1. The lowest BCUT2D eigenvalue weighted by Crippen LogP contribution is -2.44. The predicted octanol–water partition coefficient (Wildman–Crippen LogP) is 6.34. The van der Waals surface area contributed by atoms with E-state index in [2.05, 4.69) is 9.71 Å². The summed E-state index contributed by atoms with van der Waals surface area (Å²) >= 11 is 0. The second kappa shape index (κ2) is 10.7. The molecular formula is C28H32FN3O5S. The number of unbranched alkanes of at least 4 members (excludes halogenated alkanes) is 2. The van der Waals surface area contributed by atoms with Crippen LogP contribution in [0.2, 0.25) is 0 Å². The van der Waals surface area contributed by atoms with E-state index in [1.165, 1.54) is 24.3 Å². The third kappa shape index (κ3) is 4.99. The van der Waals surface area contributed by atoms with E-state index in [4.69, 9.17) is 5.73 Å². The third-order valence-electron chi connectivity index (χ3n) is 7.01. The van der Waals surface area contributed by atoms with Crippen molar-refractivity contribution in [2.45, 2.75) is 62.7 Å². The molecule has 0 aromatic heterocycles. The Morgan fingerprint density at radius 1 is 1.13 bits per heavy atom. The van der Waals surface area contributed by atoms with Gasteiger partial charge in [0.1, 0.15) is 22.0 Å². The molecule has 2 aromatic carbocycles. The molecule has 0 bridgehead atoms. The van der Waals surface area contributed by atoms with Crippen molar-refractivity contribution in [1.82, 2.24) is 0 Å². The number of hydrogen-bond acceptors (Lipinski definition) is 7. The fraction of sp³-hybridized carbons (Fsp3) is 0.321. The van der Waals surface area contributed by atoms with Crippen LogP contribution in [0.3, 0.4) is 0 Å². The van der Waals surface area contributed by atoms with Crippen LogP contribution < -0.4 is 11.1 Å². The third-order valence-corrected chi connectivity index (χ3v) is 8.38. The summed E-state index contributed by atoms with van der Waals surface area (Å²) in [5.41, 5.74) is 5.46. The number of benzene rings is 2. The first-order valence-corrected chi connectivity index (χ1v) is 14.1. The number of amides is 1. The molecular weight excluding hydrogens is 509 g/mol. The molecule has 0 unspecified atom stereocenters. The Kier molecular flexibility index (Phi) is 7.78. The van der Waals surface area contributed by atoms with Crippen molar-refractivity contribution in [3.05, 3.63) is 70.6 Å². The van der Waals surface area contributed by atoms with Crippen molar-refractivity contribution < 1.29 is 28.2 Å². The van der Waals surface area contributed by atoms with E-state index in [1.54, 1.807) is 18.2 Å². The van der Waals surface area contributed by atoms with Crippen LogP contribution in [-0.2, 0) is 15.0 Å². The van der Waals surface area contributed by atoms with Crippen LogP contribution in [0.15, 0.2) is 57.3 Å². The smallest absolute Gasteiger partial charge is 0.241 e. The summed E-state index contributed by atoms with van der Waals surface area (Å²) in [7, 11) is -3.80. The number of aliphatic hydroxyl groups is 1. The maximum Gasteiger partial charge on any atom is 0.241 e. The van der Waals surface area contributed by atoms with Gasteiger partial charge in [0, 0.05) is 11.6 Å². The highest BCUT2D eigenvalue weighted by atomic mass is 32.3. The molecule has 0 atom stereocenters. The Morgan fingerprint density at radius 2 is 1.82 bits per heavy atom. The first kappa shape index (κ1) is 27.6. The minimum absolute atomic E-state index is 0.0610. The van der Waals surface area contributed by atoms with Crippen LogP contribution in [0.25, 0.3) is 11.8 Å². The van der Waals surface area contributed by atoms with E-state index in [9.17, 15) is 28.2 Å². The number of nitrogens with zero attached hydrogens (tertiary/aromatic N) is 1. The molecule has 1 aliphatic heterocycles. The van der Waals surface area contributed by atoms with Gasteiger partial charge in [-0.3, -0.25) is 18.7 Å². The zero-order chi connectivity index (χ0) is 27.7. The molecule has 10 heteroatoms. The number of primary amides is 1. The highest BCUT2D eigenvalue weighted by molar-refractivity contribution is 8.23. The number of fused-ring (bicyclic) bond motifs is 2. The SMILES string of the molecule is CCCCC1(CCCC)C(=O)C(C2=NS(O)(O)c3cc(/C=C/C(N)=O)ccc3N2)=C(O)c2cc(F)ccc21. The number of Topliss-reactive ketones (excluding diaryl/α,β-unsaturated/α-hetero) is 1. The maximum atomic E-state index is 14.4. The van der Waals surface area contributed by atoms with E-state index >= 15 is 0 Å². The van der Waals surface area contributed by atoms with Crippen LogP contribution in [0.1, 0.15) is 69.1 Å². The Balaban J connectivity index is 1.88. The standard InChI is InChI=1S/C28H32FN3O5S/c1-3-5-13-28(14-6-4-2)20-10-9-18(29)16-19(20)25(34)24(26(28)35)27-31-21-11-7-17(8-12-23(30)33)15-22(21)38(36,37)32-27/h7-12,15-16,34,36-37H,3-6,13-14H2,1-2H3,(H2,30,33)(H,31,32)/b12-8+. The zero-order valence-corrected chi connectivity index (χ0v) is 22.1. The van der Waals surface area contributed by atoms with Gasteiger partial charge >= 0.3 is 0 Å². The van der Waals surface area contributed by atoms with Gasteiger partial charge in [-0.2, -0.15) is 0 Å². The summed E-state index contributed by atoms with van der Waals surface area (Å²) in [6.07, 6.45) is 6.70. The lowest BCUT2D eigenvalue weighted by atomic mass is 9.63. The molecule has 1 heterocycles. The number of ketones is 1. The average Bonchev–Trinajstić information content (AvgIpc) is 2.87. The Labute approximate surface area is 222 Å². The van der Waals surface area contributed by atoms with Gasteiger partial charge in [-0.05, 0) is 54.3 Å². The highest BCUT2D eigenvalue weighted by Gasteiger charge is 2.49.